The Morgan fingerprint density at radius 2 is 1.04 bits per heavy atom. The first kappa shape index (κ1) is 42.4. The predicted molar refractivity (Wildman–Crippen MR) is 166 cm³/mol. The maximum Gasteiger partial charge on any atom is 0.328 e. The Kier molecular flexibility index (Phi) is 21.1. The molecule has 0 heterocycles. The van der Waals surface area contributed by atoms with Crippen molar-refractivity contribution in [2.75, 3.05) is 38.4 Å². The Hall–Kier alpha value is -3.56. The SMILES string of the molecule is CSCC[C@H](NC(=O)[C@@H](N)CO)C(=O)N[C@@H](C)C(=O)N[C@@H](C)C(=O)N[C@@H](CCCCN)C(=O)N[C@@H](CO)C(=O)N[C@@H](CO)C(=O)O. The molecule has 0 rings (SSSR count). The Morgan fingerprint density at radius 3 is 1.54 bits per heavy atom. The van der Waals surface area contributed by atoms with E-state index in [1.54, 1.807) is 6.26 Å². The number of aliphatic carboxylic acids is 1. The van der Waals surface area contributed by atoms with Gasteiger partial charge in [0.1, 0.15) is 42.3 Å². The molecule has 0 aliphatic carbocycles. The molecule has 0 saturated carbocycles. The van der Waals surface area contributed by atoms with Crippen LogP contribution in [0.2, 0.25) is 0 Å². The monoisotopic (exact) mass is 680 g/mol. The van der Waals surface area contributed by atoms with Crippen molar-refractivity contribution < 1.29 is 54.0 Å². The third-order valence-electron chi connectivity index (χ3n) is 6.47. The molecule has 19 nitrogen and oxygen atoms in total. The summed E-state index contributed by atoms with van der Waals surface area (Å²) in [5, 5.41) is 50.8. The zero-order chi connectivity index (χ0) is 35.4. The van der Waals surface area contributed by atoms with Gasteiger partial charge in [-0.05, 0) is 58.1 Å². The van der Waals surface area contributed by atoms with Crippen LogP contribution in [-0.4, -0.2) is 143 Å². The second-order valence-electron chi connectivity index (χ2n) is 10.3. The third-order valence-corrected chi connectivity index (χ3v) is 7.12. The van der Waals surface area contributed by atoms with Gasteiger partial charge in [-0.3, -0.25) is 28.8 Å². The largest absolute Gasteiger partial charge is 0.480 e. The van der Waals surface area contributed by atoms with Crippen LogP contribution >= 0.6 is 11.8 Å². The van der Waals surface area contributed by atoms with Gasteiger partial charge in [-0.25, -0.2) is 4.79 Å². The van der Waals surface area contributed by atoms with Crippen molar-refractivity contribution in [3.63, 3.8) is 0 Å². The van der Waals surface area contributed by atoms with Gasteiger partial charge in [-0.2, -0.15) is 11.8 Å². The van der Waals surface area contributed by atoms with E-state index < -0.39 is 104 Å². The zero-order valence-corrected chi connectivity index (χ0v) is 26.9. The maximum atomic E-state index is 13.0. The van der Waals surface area contributed by atoms with Crippen molar-refractivity contribution in [2.24, 2.45) is 11.5 Å². The molecule has 46 heavy (non-hydrogen) atoms. The summed E-state index contributed by atoms with van der Waals surface area (Å²) in [5.41, 5.74) is 11.0. The Morgan fingerprint density at radius 1 is 0.609 bits per heavy atom. The topological polar surface area (TPSA) is 325 Å². The van der Waals surface area contributed by atoms with Crippen LogP contribution in [0.15, 0.2) is 0 Å². The van der Waals surface area contributed by atoms with Gasteiger partial charge >= 0.3 is 5.97 Å². The molecule has 7 atom stereocenters. The molecule has 264 valence electrons. The molecule has 0 fully saturated rings. The van der Waals surface area contributed by atoms with E-state index in [9.17, 15) is 38.7 Å². The van der Waals surface area contributed by atoms with Gasteiger partial charge in [-0.1, -0.05) is 0 Å². The number of aliphatic hydroxyl groups excluding tert-OH is 3. The Labute approximate surface area is 270 Å². The lowest BCUT2D eigenvalue weighted by Crippen LogP contribution is -2.59. The maximum absolute atomic E-state index is 13.0. The van der Waals surface area contributed by atoms with Gasteiger partial charge in [0, 0.05) is 0 Å². The van der Waals surface area contributed by atoms with Crippen molar-refractivity contribution in [2.45, 2.75) is 81.8 Å². The summed E-state index contributed by atoms with van der Waals surface area (Å²) >= 11 is 1.41. The minimum Gasteiger partial charge on any atom is -0.480 e. The highest BCUT2D eigenvalue weighted by Crippen LogP contribution is 2.05. The molecule has 6 amide bonds. The minimum atomic E-state index is -1.68. The number of thioether (sulfide) groups is 1. The van der Waals surface area contributed by atoms with Crippen LogP contribution in [0.25, 0.3) is 0 Å². The first-order valence-electron chi connectivity index (χ1n) is 14.5. The van der Waals surface area contributed by atoms with Gasteiger partial charge in [0.05, 0.1) is 19.8 Å². The number of nitrogens with one attached hydrogen (secondary N) is 6. The number of carbonyl (C=O) groups is 7. The molecular weight excluding hydrogens is 632 g/mol. The normalized spacial score (nSPS) is 15.5. The van der Waals surface area contributed by atoms with Gasteiger partial charge in [-0.15, -0.1) is 0 Å². The van der Waals surface area contributed by atoms with Crippen molar-refractivity contribution in [3.05, 3.63) is 0 Å². The van der Waals surface area contributed by atoms with Crippen LogP contribution in [0.3, 0.4) is 0 Å². The fourth-order valence-corrected chi connectivity index (χ4v) is 4.10. The van der Waals surface area contributed by atoms with E-state index in [1.165, 1.54) is 25.6 Å². The number of carboxylic acids is 1. The van der Waals surface area contributed by atoms with Crippen molar-refractivity contribution in [3.8, 4) is 0 Å². The quantitative estimate of drug-likeness (QED) is 0.0448. The summed E-state index contributed by atoms with van der Waals surface area (Å²) in [6.45, 7) is 0.454. The molecule has 0 aromatic heterocycles. The van der Waals surface area contributed by atoms with Crippen molar-refractivity contribution in [1.29, 1.82) is 0 Å². The van der Waals surface area contributed by atoms with E-state index in [0.717, 1.165) is 0 Å². The number of rotatable bonds is 23. The Balaban J connectivity index is 5.43. The molecule has 0 aliphatic heterocycles. The predicted octanol–water partition coefficient (Wildman–Crippen LogP) is -5.79. The standard InChI is InChI=1S/C26H48N8O11S/c1-13(30-23(41)17(7-9-46-3)32-22(40)15(28)10-35)20(38)29-14(2)21(39)31-16(6-4-5-8-27)24(42)33-18(11-36)25(43)34-19(12-37)26(44)45/h13-19,35-37H,4-12,27-28H2,1-3H3,(H,29,38)(H,30,41)(H,31,39)(H,32,40)(H,33,42)(H,34,43)(H,44,45)/t13-,14-,15-,16-,17-,18-,19-/m0/s1. The molecule has 0 unspecified atom stereocenters. The smallest absolute Gasteiger partial charge is 0.328 e. The fraction of sp³-hybridized carbons (Fsp3) is 0.731. The zero-order valence-electron chi connectivity index (χ0n) is 26.1. The molecule has 14 N–H and O–H groups in total. The van der Waals surface area contributed by atoms with E-state index in [0.29, 0.717) is 18.6 Å². The summed E-state index contributed by atoms with van der Waals surface area (Å²) in [7, 11) is 0. The molecular formula is C26H48N8O11S. The van der Waals surface area contributed by atoms with Gasteiger partial charge in [0.15, 0.2) is 0 Å². The fourth-order valence-electron chi connectivity index (χ4n) is 3.63. The van der Waals surface area contributed by atoms with Crippen LogP contribution < -0.4 is 43.4 Å². The lowest BCUT2D eigenvalue weighted by atomic mass is 10.1. The summed E-state index contributed by atoms with van der Waals surface area (Å²) in [6.07, 6.45) is 2.91. The molecule has 0 radical (unpaired) electrons. The van der Waals surface area contributed by atoms with Gasteiger partial charge < -0.3 is 63.8 Å². The first-order chi connectivity index (χ1) is 21.7. The summed E-state index contributed by atoms with van der Waals surface area (Å²) in [6, 6.07) is -9.22. The highest BCUT2D eigenvalue weighted by Gasteiger charge is 2.31. The number of aliphatic hydroxyl groups is 3. The van der Waals surface area contributed by atoms with Crippen LogP contribution in [0.5, 0.6) is 0 Å². The molecule has 20 heteroatoms. The number of hydrogen-bond acceptors (Lipinski definition) is 13. The van der Waals surface area contributed by atoms with Crippen molar-refractivity contribution in [1.82, 2.24) is 31.9 Å². The number of unbranched alkanes of at least 4 members (excludes halogenated alkanes) is 1. The van der Waals surface area contributed by atoms with E-state index in [2.05, 4.69) is 26.6 Å². The highest BCUT2D eigenvalue weighted by molar-refractivity contribution is 7.98. The number of nitrogens with two attached hydrogens (primary N) is 2. The van der Waals surface area contributed by atoms with Gasteiger partial charge in [0.25, 0.3) is 0 Å². The molecule has 0 saturated heterocycles. The minimum absolute atomic E-state index is 0.0547. The summed E-state index contributed by atoms with van der Waals surface area (Å²) in [4.78, 5) is 87.1. The second-order valence-corrected chi connectivity index (χ2v) is 11.2. The average molecular weight is 681 g/mol. The van der Waals surface area contributed by atoms with Gasteiger partial charge in [0.2, 0.25) is 35.4 Å². The second kappa shape index (κ2) is 22.9. The number of hydrogen-bond donors (Lipinski definition) is 12. The van der Waals surface area contributed by atoms with Crippen LogP contribution in [0, 0.1) is 0 Å². The highest BCUT2D eigenvalue weighted by atomic mass is 32.2. The number of carbonyl (C=O) groups excluding carboxylic acids is 6. The lowest BCUT2D eigenvalue weighted by Gasteiger charge is -2.25. The van der Waals surface area contributed by atoms with Crippen LogP contribution in [0.4, 0.5) is 0 Å². The average Bonchev–Trinajstić information content (AvgIpc) is 3.02. The summed E-state index contributed by atoms with van der Waals surface area (Å²) in [5.74, 6) is -6.06. The van der Waals surface area contributed by atoms with E-state index in [1.807, 2.05) is 5.32 Å². The van der Waals surface area contributed by atoms with E-state index in [4.69, 9.17) is 26.8 Å². The third kappa shape index (κ3) is 15.6. The van der Waals surface area contributed by atoms with E-state index in [-0.39, 0.29) is 19.4 Å². The number of carboxylic acid groups (broad SMARTS) is 1. The lowest BCUT2D eigenvalue weighted by molar-refractivity contribution is -0.143. The molecule has 0 bridgehead atoms. The van der Waals surface area contributed by atoms with Crippen LogP contribution in [0.1, 0.15) is 39.5 Å². The van der Waals surface area contributed by atoms with E-state index >= 15 is 0 Å². The molecule has 0 aliphatic rings. The molecule has 0 aromatic carbocycles. The molecule has 0 spiro atoms. The Bertz CT molecular complexity index is 1040. The van der Waals surface area contributed by atoms with Crippen LogP contribution in [-0.2, 0) is 33.6 Å². The summed E-state index contributed by atoms with van der Waals surface area (Å²) < 4.78 is 0. The van der Waals surface area contributed by atoms with Crippen molar-refractivity contribution >= 4 is 53.2 Å². The molecule has 0 aromatic rings. The first-order valence-corrected chi connectivity index (χ1v) is 15.9. The number of amides is 6.